The molecule has 1 N–H and O–H groups in total. The molecule has 0 atom stereocenters. The van der Waals surface area contributed by atoms with E-state index >= 15 is 0 Å². The van der Waals surface area contributed by atoms with Gasteiger partial charge in [-0.1, -0.05) is 6.92 Å². The van der Waals surface area contributed by atoms with Gasteiger partial charge in [0, 0.05) is 14.0 Å². The zero-order chi connectivity index (χ0) is 9.56. The van der Waals surface area contributed by atoms with Crippen LogP contribution in [0.5, 0.6) is 0 Å². The normalized spacial score (nSPS) is 8.92. The second-order valence-corrected chi connectivity index (χ2v) is 2.33. The van der Waals surface area contributed by atoms with E-state index in [0.717, 1.165) is 11.4 Å². The summed E-state index contributed by atoms with van der Waals surface area (Å²) in [6.45, 7) is 3.60. The van der Waals surface area contributed by atoms with Crippen LogP contribution in [0.15, 0.2) is 0 Å². The summed E-state index contributed by atoms with van der Waals surface area (Å²) in [6.07, 6.45) is 0.159. The van der Waals surface area contributed by atoms with Gasteiger partial charge in [-0.3, -0.25) is 9.80 Å². The van der Waals surface area contributed by atoms with Gasteiger partial charge in [0.1, 0.15) is 0 Å². The first-order valence-corrected chi connectivity index (χ1v) is 3.75. The molecule has 0 aromatic carbocycles. The minimum atomic E-state index is -0.602. The Morgan fingerprint density at radius 3 is 2.50 bits per heavy atom. The van der Waals surface area contributed by atoms with E-state index in [2.05, 4.69) is 10.2 Å². The van der Waals surface area contributed by atoms with Crippen LogP contribution in [-0.4, -0.2) is 30.7 Å². The van der Waals surface area contributed by atoms with Crippen LogP contribution in [0.1, 0.15) is 20.3 Å². The summed E-state index contributed by atoms with van der Waals surface area (Å²) in [5.41, 5.74) is 2.24. The summed E-state index contributed by atoms with van der Waals surface area (Å²) in [6, 6.07) is 0. The van der Waals surface area contributed by atoms with Crippen molar-refractivity contribution in [2.45, 2.75) is 20.3 Å². The molecule has 0 aromatic rings. The Morgan fingerprint density at radius 1 is 1.50 bits per heavy atom. The van der Waals surface area contributed by atoms with Crippen LogP contribution < -0.4 is 5.43 Å². The second kappa shape index (κ2) is 5.40. The Bertz CT molecular complexity index is 170. The largest absolute Gasteiger partial charge is 0.448 e. The third-order valence-corrected chi connectivity index (χ3v) is 1.17. The van der Waals surface area contributed by atoms with Crippen LogP contribution in [0.3, 0.4) is 0 Å². The Morgan fingerprint density at radius 2 is 2.08 bits per heavy atom. The zero-order valence-corrected chi connectivity index (χ0v) is 7.59. The van der Waals surface area contributed by atoms with Crippen molar-refractivity contribution in [1.82, 2.24) is 10.4 Å². The highest BCUT2D eigenvalue weighted by molar-refractivity contribution is 5.76. The maximum Gasteiger partial charge on any atom is 0.426 e. The Labute approximate surface area is 71.6 Å². The molecule has 5 nitrogen and oxygen atoms in total. The van der Waals surface area contributed by atoms with Gasteiger partial charge < -0.3 is 4.74 Å². The van der Waals surface area contributed by atoms with E-state index in [1.54, 1.807) is 0 Å². The SMILES string of the molecule is CCCOC(=O)NN(C)C(C)=O. The van der Waals surface area contributed by atoms with Crippen molar-refractivity contribution < 1.29 is 14.3 Å². The number of hydrazine groups is 1. The fraction of sp³-hybridized carbons (Fsp3) is 0.714. The second-order valence-electron chi connectivity index (χ2n) is 2.33. The summed E-state index contributed by atoms with van der Waals surface area (Å²) in [4.78, 5) is 21.4. The molecular weight excluding hydrogens is 160 g/mol. The summed E-state index contributed by atoms with van der Waals surface area (Å²) in [5.74, 6) is -0.247. The minimum absolute atomic E-state index is 0.247. The molecule has 12 heavy (non-hydrogen) atoms. The van der Waals surface area contributed by atoms with E-state index in [1.165, 1.54) is 14.0 Å². The summed E-state index contributed by atoms with van der Waals surface area (Å²) >= 11 is 0. The lowest BCUT2D eigenvalue weighted by Crippen LogP contribution is -2.42. The highest BCUT2D eigenvalue weighted by Crippen LogP contribution is 1.83. The average molecular weight is 174 g/mol. The Kier molecular flexibility index (Phi) is 4.83. The minimum Gasteiger partial charge on any atom is -0.448 e. The number of nitrogens with one attached hydrogen (secondary N) is 1. The lowest BCUT2D eigenvalue weighted by molar-refractivity contribution is -0.129. The number of carbonyl (C=O) groups is 2. The molecule has 0 bridgehead atoms. The Balaban J connectivity index is 3.61. The number of rotatable bonds is 2. The first kappa shape index (κ1) is 10.7. The molecular formula is C7H14N2O3. The van der Waals surface area contributed by atoms with Crippen LogP contribution >= 0.6 is 0 Å². The predicted octanol–water partition coefficient (Wildman–Crippen LogP) is 0.516. The highest BCUT2D eigenvalue weighted by Gasteiger charge is 2.06. The molecule has 0 aliphatic rings. The quantitative estimate of drug-likeness (QED) is 0.621. The first-order valence-electron chi connectivity index (χ1n) is 3.75. The summed E-state index contributed by atoms with van der Waals surface area (Å²) in [5, 5.41) is 1.07. The number of ether oxygens (including phenoxy) is 1. The van der Waals surface area contributed by atoms with Gasteiger partial charge in [0.05, 0.1) is 6.61 Å². The van der Waals surface area contributed by atoms with Crippen molar-refractivity contribution in [3.05, 3.63) is 0 Å². The number of carbonyl (C=O) groups excluding carboxylic acids is 2. The van der Waals surface area contributed by atoms with Gasteiger partial charge in [-0.25, -0.2) is 10.2 Å². The van der Waals surface area contributed by atoms with Crippen LogP contribution in [0, 0.1) is 0 Å². The average Bonchev–Trinajstić information content (AvgIpc) is 2.00. The fourth-order valence-electron chi connectivity index (χ4n) is 0.443. The van der Waals surface area contributed by atoms with E-state index in [4.69, 9.17) is 0 Å². The number of nitrogens with zero attached hydrogens (tertiary/aromatic N) is 1. The molecule has 0 aromatic heterocycles. The van der Waals surface area contributed by atoms with Gasteiger partial charge in [0.2, 0.25) is 5.91 Å². The monoisotopic (exact) mass is 174 g/mol. The molecule has 0 saturated heterocycles. The molecule has 0 unspecified atom stereocenters. The van der Waals surface area contributed by atoms with Gasteiger partial charge in [-0.2, -0.15) is 0 Å². The van der Waals surface area contributed by atoms with Crippen LogP contribution in [0.25, 0.3) is 0 Å². The van der Waals surface area contributed by atoms with Gasteiger partial charge in [0.15, 0.2) is 0 Å². The van der Waals surface area contributed by atoms with Crippen molar-refractivity contribution >= 4 is 12.0 Å². The van der Waals surface area contributed by atoms with E-state index in [1.807, 2.05) is 6.92 Å². The molecule has 0 radical (unpaired) electrons. The third kappa shape index (κ3) is 4.54. The van der Waals surface area contributed by atoms with E-state index in [9.17, 15) is 9.59 Å². The van der Waals surface area contributed by atoms with E-state index in [-0.39, 0.29) is 5.91 Å². The first-order chi connectivity index (χ1) is 5.57. The lowest BCUT2D eigenvalue weighted by Gasteiger charge is -2.15. The van der Waals surface area contributed by atoms with Crippen LogP contribution in [-0.2, 0) is 9.53 Å². The van der Waals surface area contributed by atoms with E-state index in [0.29, 0.717) is 6.61 Å². The summed E-state index contributed by atoms with van der Waals surface area (Å²) in [7, 11) is 1.45. The maximum absolute atomic E-state index is 10.8. The standard InChI is InChI=1S/C7H14N2O3/c1-4-5-12-7(11)8-9(3)6(2)10/h4-5H2,1-3H3,(H,8,11). The number of hydrogen-bond acceptors (Lipinski definition) is 3. The molecule has 0 aliphatic heterocycles. The summed E-state index contributed by atoms with van der Waals surface area (Å²) < 4.78 is 4.67. The van der Waals surface area contributed by atoms with Gasteiger partial charge >= 0.3 is 6.09 Å². The lowest BCUT2D eigenvalue weighted by atomic mass is 10.5. The van der Waals surface area contributed by atoms with Crippen molar-refractivity contribution in [3.63, 3.8) is 0 Å². The smallest absolute Gasteiger partial charge is 0.426 e. The van der Waals surface area contributed by atoms with Gasteiger partial charge in [-0.15, -0.1) is 0 Å². The van der Waals surface area contributed by atoms with Gasteiger partial charge in [-0.05, 0) is 6.42 Å². The van der Waals surface area contributed by atoms with Crippen molar-refractivity contribution in [1.29, 1.82) is 0 Å². The van der Waals surface area contributed by atoms with E-state index < -0.39 is 6.09 Å². The maximum atomic E-state index is 10.8. The number of amides is 2. The topological polar surface area (TPSA) is 58.6 Å². The molecule has 0 rings (SSSR count). The van der Waals surface area contributed by atoms with Crippen LogP contribution in [0.2, 0.25) is 0 Å². The highest BCUT2D eigenvalue weighted by atomic mass is 16.6. The molecule has 0 heterocycles. The Hall–Kier alpha value is -1.26. The predicted molar refractivity (Wildman–Crippen MR) is 43.2 cm³/mol. The van der Waals surface area contributed by atoms with Crippen LogP contribution in [0.4, 0.5) is 4.79 Å². The fourth-order valence-corrected chi connectivity index (χ4v) is 0.443. The van der Waals surface area contributed by atoms with Crippen molar-refractivity contribution in [2.75, 3.05) is 13.7 Å². The third-order valence-electron chi connectivity index (χ3n) is 1.17. The molecule has 70 valence electrons. The van der Waals surface area contributed by atoms with Crippen molar-refractivity contribution in [2.24, 2.45) is 0 Å². The van der Waals surface area contributed by atoms with Gasteiger partial charge in [0.25, 0.3) is 0 Å². The molecule has 0 aliphatic carbocycles. The molecule has 2 amide bonds. The molecule has 5 heteroatoms. The molecule has 0 fully saturated rings. The van der Waals surface area contributed by atoms with Crippen molar-refractivity contribution in [3.8, 4) is 0 Å². The molecule has 0 saturated carbocycles. The number of hydrogen-bond donors (Lipinski definition) is 1. The molecule has 0 spiro atoms. The zero-order valence-electron chi connectivity index (χ0n) is 7.59.